The van der Waals surface area contributed by atoms with Gasteiger partial charge in [-0.1, -0.05) is 12.8 Å². The summed E-state index contributed by atoms with van der Waals surface area (Å²) in [5, 5.41) is 5.89. The van der Waals surface area contributed by atoms with Gasteiger partial charge in [-0.3, -0.25) is 10.1 Å². The largest absolute Gasteiger partial charge is 0.355 e. The van der Waals surface area contributed by atoms with Crippen molar-refractivity contribution in [3.8, 4) is 12.3 Å². The molecule has 1 unspecified atom stereocenters. The fourth-order valence-corrected chi connectivity index (χ4v) is 1.18. The standard InChI is InChI=1S/C11H18N2O/c1-3-10(4-2)12-8-11(14)13-7-9-5-6-9/h1,9-10,12H,4-8H2,2H3,(H,13,14). The predicted octanol–water partition coefficient (Wildman–Crippen LogP) is 0.514. The molecule has 14 heavy (non-hydrogen) atoms. The Hall–Kier alpha value is -1.01. The van der Waals surface area contributed by atoms with E-state index in [0.29, 0.717) is 6.54 Å². The zero-order valence-electron chi connectivity index (χ0n) is 8.68. The van der Waals surface area contributed by atoms with Crippen molar-refractivity contribution < 1.29 is 4.79 Å². The molecule has 0 aliphatic heterocycles. The summed E-state index contributed by atoms with van der Waals surface area (Å²) in [5.74, 6) is 3.37. The Morgan fingerprint density at radius 1 is 1.64 bits per heavy atom. The third-order valence-corrected chi connectivity index (χ3v) is 2.40. The minimum Gasteiger partial charge on any atom is -0.355 e. The van der Waals surface area contributed by atoms with Crippen molar-refractivity contribution in [3.05, 3.63) is 0 Å². The first-order valence-electron chi connectivity index (χ1n) is 5.22. The van der Waals surface area contributed by atoms with Crippen LogP contribution < -0.4 is 10.6 Å². The van der Waals surface area contributed by atoms with E-state index in [1.807, 2.05) is 6.92 Å². The molecule has 1 amide bonds. The molecule has 0 radical (unpaired) electrons. The van der Waals surface area contributed by atoms with Crippen molar-refractivity contribution in [2.45, 2.75) is 32.2 Å². The van der Waals surface area contributed by atoms with Crippen molar-refractivity contribution in [2.24, 2.45) is 5.92 Å². The van der Waals surface area contributed by atoms with Gasteiger partial charge in [-0.2, -0.15) is 0 Å². The minimum absolute atomic E-state index is 0.0154. The Kier molecular flexibility index (Phi) is 4.48. The summed E-state index contributed by atoms with van der Waals surface area (Å²) in [4.78, 5) is 11.3. The number of amides is 1. The van der Waals surface area contributed by atoms with Crippen molar-refractivity contribution >= 4 is 5.91 Å². The number of hydrogen-bond donors (Lipinski definition) is 2. The van der Waals surface area contributed by atoms with Crippen LogP contribution >= 0.6 is 0 Å². The minimum atomic E-state index is 0.0154. The molecule has 1 saturated carbocycles. The van der Waals surface area contributed by atoms with Crippen molar-refractivity contribution in [2.75, 3.05) is 13.1 Å². The Labute approximate surface area is 85.6 Å². The molecule has 2 N–H and O–H groups in total. The highest BCUT2D eigenvalue weighted by Gasteiger charge is 2.21. The van der Waals surface area contributed by atoms with Crippen LogP contribution in [0, 0.1) is 18.3 Å². The zero-order chi connectivity index (χ0) is 10.4. The van der Waals surface area contributed by atoms with Gasteiger partial charge in [-0.05, 0) is 25.2 Å². The summed E-state index contributed by atoms with van der Waals surface area (Å²) in [7, 11) is 0. The quantitative estimate of drug-likeness (QED) is 0.605. The van der Waals surface area contributed by atoms with Crippen LogP contribution in [0.1, 0.15) is 26.2 Å². The lowest BCUT2D eigenvalue weighted by Crippen LogP contribution is -2.39. The fourth-order valence-electron chi connectivity index (χ4n) is 1.18. The Balaban J connectivity index is 2.04. The lowest BCUT2D eigenvalue weighted by molar-refractivity contribution is -0.120. The van der Waals surface area contributed by atoms with Crippen LogP contribution in [0.25, 0.3) is 0 Å². The maximum Gasteiger partial charge on any atom is 0.234 e. The first kappa shape index (κ1) is 11.1. The average Bonchev–Trinajstić information content (AvgIpc) is 3.00. The smallest absolute Gasteiger partial charge is 0.234 e. The number of rotatable bonds is 6. The second-order valence-electron chi connectivity index (χ2n) is 3.76. The second-order valence-corrected chi connectivity index (χ2v) is 3.76. The molecule has 0 heterocycles. The molecule has 0 aromatic rings. The third kappa shape index (κ3) is 4.29. The van der Waals surface area contributed by atoms with Crippen LogP contribution in [-0.4, -0.2) is 25.0 Å². The summed E-state index contributed by atoms with van der Waals surface area (Å²) in [6.45, 7) is 3.16. The van der Waals surface area contributed by atoms with Crippen LogP contribution in [0.3, 0.4) is 0 Å². The Morgan fingerprint density at radius 3 is 2.86 bits per heavy atom. The topological polar surface area (TPSA) is 41.1 Å². The van der Waals surface area contributed by atoms with Gasteiger partial charge in [0, 0.05) is 6.54 Å². The van der Waals surface area contributed by atoms with E-state index >= 15 is 0 Å². The number of terminal acetylenes is 1. The number of carbonyl (C=O) groups is 1. The van der Waals surface area contributed by atoms with Gasteiger partial charge in [-0.25, -0.2) is 0 Å². The highest BCUT2D eigenvalue weighted by atomic mass is 16.1. The van der Waals surface area contributed by atoms with Gasteiger partial charge in [0.05, 0.1) is 12.6 Å². The predicted molar refractivity (Wildman–Crippen MR) is 56.6 cm³/mol. The number of carbonyl (C=O) groups excluding carboxylic acids is 1. The molecule has 1 aliphatic rings. The van der Waals surface area contributed by atoms with Gasteiger partial charge in [0.2, 0.25) is 5.91 Å². The average molecular weight is 194 g/mol. The molecule has 0 aromatic carbocycles. The molecule has 0 bridgehead atoms. The molecule has 1 aliphatic carbocycles. The lowest BCUT2D eigenvalue weighted by atomic mass is 10.2. The summed E-state index contributed by atoms with van der Waals surface area (Å²) >= 11 is 0. The molecule has 78 valence electrons. The first-order valence-corrected chi connectivity index (χ1v) is 5.22. The summed E-state index contributed by atoms with van der Waals surface area (Å²) in [6.07, 6.45) is 8.63. The van der Waals surface area contributed by atoms with Crippen LogP contribution in [0.4, 0.5) is 0 Å². The maximum atomic E-state index is 11.3. The molecule has 1 fully saturated rings. The van der Waals surface area contributed by atoms with E-state index < -0.39 is 0 Å². The summed E-state index contributed by atoms with van der Waals surface area (Å²) in [6, 6.07) is 0.0154. The van der Waals surface area contributed by atoms with Crippen molar-refractivity contribution in [1.29, 1.82) is 0 Å². The van der Waals surface area contributed by atoms with E-state index in [2.05, 4.69) is 16.6 Å². The number of hydrogen-bond acceptors (Lipinski definition) is 2. The van der Waals surface area contributed by atoms with E-state index in [-0.39, 0.29) is 11.9 Å². The zero-order valence-corrected chi connectivity index (χ0v) is 8.68. The van der Waals surface area contributed by atoms with Crippen LogP contribution in [-0.2, 0) is 4.79 Å². The Bertz CT molecular complexity index is 228. The van der Waals surface area contributed by atoms with E-state index in [1.165, 1.54) is 12.8 Å². The molecule has 3 nitrogen and oxygen atoms in total. The summed E-state index contributed by atoms with van der Waals surface area (Å²) < 4.78 is 0. The lowest BCUT2D eigenvalue weighted by Gasteiger charge is -2.10. The molecule has 1 rings (SSSR count). The van der Waals surface area contributed by atoms with Gasteiger partial charge in [0.25, 0.3) is 0 Å². The van der Waals surface area contributed by atoms with Crippen LogP contribution in [0.5, 0.6) is 0 Å². The van der Waals surface area contributed by atoms with Gasteiger partial charge in [0.15, 0.2) is 0 Å². The SMILES string of the molecule is C#CC(CC)NCC(=O)NCC1CC1. The molecule has 0 aromatic heterocycles. The highest BCUT2D eigenvalue weighted by molar-refractivity contribution is 5.78. The van der Waals surface area contributed by atoms with Gasteiger partial charge in [-0.15, -0.1) is 6.42 Å². The van der Waals surface area contributed by atoms with Crippen molar-refractivity contribution in [1.82, 2.24) is 10.6 Å². The van der Waals surface area contributed by atoms with E-state index in [0.717, 1.165) is 18.9 Å². The monoisotopic (exact) mass is 194 g/mol. The van der Waals surface area contributed by atoms with Crippen LogP contribution in [0.15, 0.2) is 0 Å². The van der Waals surface area contributed by atoms with Crippen LogP contribution in [0.2, 0.25) is 0 Å². The second kappa shape index (κ2) is 5.66. The number of nitrogens with one attached hydrogen (secondary N) is 2. The molecule has 1 atom stereocenters. The normalized spacial score (nSPS) is 17.1. The third-order valence-electron chi connectivity index (χ3n) is 2.40. The van der Waals surface area contributed by atoms with Crippen molar-refractivity contribution in [3.63, 3.8) is 0 Å². The first-order chi connectivity index (χ1) is 6.76. The molecule has 0 saturated heterocycles. The molecular weight excluding hydrogens is 176 g/mol. The van der Waals surface area contributed by atoms with Gasteiger partial charge in [0.1, 0.15) is 0 Å². The molecule has 0 spiro atoms. The van der Waals surface area contributed by atoms with E-state index in [1.54, 1.807) is 0 Å². The maximum absolute atomic E-state index is 11.3. The summed E-state index contributed by atoms with van der Waals surface area (Å²) in [5.41, 5.74) is 0. The van der Waals surface area contributed by atoms with E-state index in [4.69, 9.17) is 6.42 Å². The molecule has 3 heteroatoms. The van der Waals surface area contributed by atoms with Gasteiger partial charge < -0.3 is 5.32 Å². The molecular formula is C11H18N2O. The highest BCUT2D eigenvalue weighted by Crippen LogP contribution is 2.27. The van der Waals surface area contributed by atoms with Gasteiger partial charge >= 0.3 is 0 Å². The van der Waals surface area contributed by atoms with E-state index in [9.17, 15) is 4.79 Å². The Morgan fingerprint density at radius 2 is 2.36 bits per heavy atom. The fraction of sp³-hybridized carbons (Fsp3) is 0.727.